The van der Waals surface area contributed by atoms with E-state index < -0.39 is 6.04 Å². The predicted molar refractivity (Wildman–Crippen MR) is 147 cm³/mol. The van der Waals surface area contributed by atoms with Crippen LogP contribution >= 0.6 is 0 Å². The number of nitrogens with zero attached hydrogens (tertiary/aromatic N) is 3. The highest BCUT2D eigenvalue weighted by Gasteiger charge is 2.26. The maximum Gasteiger partial charge on any atom is 0.239 e. The molecule has 0 spiro atoms. The molecule has 1 unspecified atom stereocenters. The van der Waals surface area contributed by atoms with Crippen molar-refractivity contribution in [3.05, 3.63) is 65.7 Å². The van der Waals surface area contributed by atoms with Gasteiger partial charge in [0.15, 0.2) is 0 Å². The Hall–Kier alpha value is -2.70. The fourth-order valence-corrected chi connectivity index (χ4v) is 4.89. The molecule has 6 heteroatoms. The van der Waals surface area contributed by atoms with Crippen LogP contribution in [0.5, 0.6) is 0 Å². The summed E-state index contributed by atoms with van der Waals surface area (Å²) in [4.78, 5) is 33.1. The summed E-state index contributed by atoms with van der Waals surface area (Å²) in [5.41, 5.74) is 9.54. The number of rotatable bonds is 7. The van der Waals surface area contributed by atoms with Crippen LogP contribution in [0.4, 0.5) is 5.69 Å². The second-order valence-electron chi connectivity index (χ2n) is 10.9. The zero-order valence-corrected chi connectivity index (χ0v) is 22.5. The van der Waals surface area contributed by atoms with E-state index in [2.05, 4.69) is 56.9 Å². The number of hydrogen-bond donors (Lipinski definition) is 1. The van der Waals surface area contributed by atoms with Gasteiger partial charge in [-0.3, -0.25) is 14.5 Å². The molecule has 2 N–H and O–H groups in total. The third kappa shape index (κ3) is 8.17. The molecule has 3 rings (SSSR count). The minimum Gasteiger partial charge on any atom is -0.336 e. The molecule has 2 aromatic carbocycles. The molecule has 6 nitrogen and oxygen atoms in total. The van der Waals surface area contributed by atoms with Gasteiger partial charge in [0.25, 0.3) is 0 Å². The smallest absolute Gasteiger partial charge is 0.239 e. The summed E-state index contributed by atoms with van der Waals surface area (Å²) < 4.78 is 0. The maximum absolute atomic E-state index is 13.5. The Labute approximate surface area is 217 Å². The molecule has 1 heterocycles. The lowest BCUT2D eigenvalue weighted by atomic mass is 10.0. The van der Waals surface area contributed by atoms with Gasteiger partial charge in [-0.15, -0.1) is 0 Å². The highest BCUT2D eigenvalue weighted by Crippen LogP contribution is 2.25. The standard InChI is InChI=1S/C30H44N4O2/c1-23(2)19-27(31)30(36)33-18-17-32(21-25-11-6-5-7-12-25)15-10-16-34(29(35)20-24(3)4)28-14-9-8-13-26(28)22-33/h5-9,11-14,23-24,27H,10,15-22,31H2,1-4H3. The van der Waals surface area contributed by atoms with Crippen LogP contribution in [0.3, 0.4) is 0 Å². The van der Waals surface area contributed by atoms with Gasteiger partial charge in [-0.25, -0.2) is 0 Å². The van der Waals surface area contributed by atoms with E-state index >= 15 is 0 Å². The van der Waals surface area contributed by atoms with E-state index in [0.29, 0.717) is 38.4 Å². The first kappa shape index (κ1) is 27.9. The molecule has 0 aliphatic carbocycles. The summed E-state index contributed by atoms with van der Waals surface area (Å²) in [6.07, 6.45) is 2.03. The lowest BCUT2D eigenvalue weighted by Gasteiger charge is -2.30. The molecule has 0 saturated heterocycles. The average Bonchev–Trinajstić information content (AvgIpc) is 2.86. The van der Waals surface area contributed by atoms with E-state index in [0.717, 1.165) is 37.3 Å². The van der Waals surface area contributed by atoms with Gasteiger partial charge in [-0.05, 0) is 41.9 Å². The van der Waals surface area contributed by atoms with E-state index in [1.807, 2.05) is 40.1 Å². The van der Waals surface area contributed by atoms with E-state index in [1.165, 1.54) is 5.56 Å². The maximum atomic E-state index is 13.5. The normalized spacial score (nSPS) is 16.5. The summed E-state index contributed by atoms with van der Waals surface area (Å²) in [6.45, 7) is 12.5. The first-order valence-corrected chi connectivity index (χ1v) is 13.4. The molecule has 36 heavy (non-hydrogen) atoms. The molecule has 2 amide bonds. The molecule has 196 valence electrons. The minimum absolute atomic E-state index is 0.0162. The highest BCUT2D eigenvalue weighted by atomic mass is 16.2. The van der Waals surface area contributed by atoms with E-state index in [-0.39, 0.29) is 17.7 Å². The average molecular weight is 493 g/mol. The summed E-state index contributed by atoms with van der Waals surface area (Å²) >= 11 is 0. The molecule has 0 saturated carbocycles. The molecule has 0 fully saturated rings. The van der Waals surface area contributed by atoms with Crippen LogP contribution in [0.15, 0.2) is 54.6 Å². The molecule has 1 aliphatic heterocycles. The van der Waals surface area contributed by atoms with Gasteiger partial charge in [-0.1, -0.05) is 76.2 Å². The Morgan fingerprint density at radius 1 is 0.861 bits per heavy atom. The van der Waals surface area contributed by atoms with Crippen molar-refractivity contribution in [2.45, 2.75) is 66.1 Å². The monoisotopic (exact) mass is 492 g/mol. The van der Waals surface area contributed by atoms with Crippen LogP contribution in [0.2, 0.25) is 0 Å². The van der Waals surface area contributed by atoms with Gasteiger partial charge in [0, 0.05) is 51.4 Å². The third-order valence-corrected chi connectivity index (χ3v) is 6.67. The largest absolute Gasteiger partial charge is 0.336 e. The van der Waals surface area contributed by atoms with Crippen molar-refractivity contribution in [1.29, 1.82) is 0 Å². The van der Waals surface area contributed by atoms with E-state index in [9.17, 15) is 9.59 Å². The Bertz CT molecular complexity index is 976. The lowest BCUT2D eigenvalue weighted by Crippen LogP contribution is -2.46. The number of amides is 2. The minimum atomic E-state index is -0.525. The molecule has 2 aromatic rings. The Morgan fingerprint density at radius 2 is 1.56 bits per heavy atom. The van der Waals surface area contributed by atoms with Crippen LogP contribution in [0.25, 0.3) is 0 Å². The molecular formula is C30H44N4O2. The molecule has 0 bridgehead atoms. The summed E-state index contributed by atoms with van der Waals surface area (Å²) in [7, 11) is 0. The Balaban J connectivity index is 1.93. The van der Waals surface area contributed by atoms with Gasteiger partial charge in [0.05, 0.1) is 6.04 Å². The second kappa shape index (κ2) is 13.6. The number of benzene rings is 2. The zero-order valence-electron chi connectivity index (χ0n) is 22.5. The van der Waals surface area contributed by atoms with Crippen molar-refractivity contribution < 1.29 is 9.59 Å². The van der Waals surface area contributed by atoms with Crippen LogP contribution in [-0.4, -0.2) is 53.8 Å². The van der Waals surface area contributed by atoms with Gasteiger partial charge in [0.2, 0.25) is 11.8 Å². The van der Waals surface area contributed by atoms with E-state index in [1.54, 1.807) is 0 Å². The number of carbonyl (C=O) groups excluding carboxylic acids is 2. The van der Waals surface area contributed by atoms with E-state index in [4.69, 9.17) is 5.73 Å². The summed E-state index contributed by atoms with van der Waals surface area (Å²) in [5, 5.41) is 0. The van der Waals surface area contributed by atoms with Gasteiger partial charge in [-0.2, -0.15) is 0 Å². The summed E-state index contributed by atoms with van der Waals surface area (Å²) in [5.74, 6) is 0.751. The number of anilines is 1. The van der Waals surface area contributed by atoms with Crippen molar-refractivity contribution in [1.82, 2.24) is 9.80 Å². The first-order chi connectivity index (χ1) is 17.2. The zero-order chi connectivity index (χ0) is 26.1. The van der Waals surface area contributed by atoms with Gasteiger partial charge < -0.3 is 15.5 Å². The van der Waals surface area contributed by atoms with Crippen LogP contribution < -0.4 is 10.6 Å². The van der Waals surface area contributed by atoms with Crippen LogP contribution in [0.1, 0.15) is 58.1 Å². The number of para-hydroxylation sites is 1. The quantitative estimate of drug-likeness (QED) is 0.610. The van der Waals surface area contributed by atoms with Crippen molar-refractivity contribution in [3.8, 4) is 0 Å². The topological polar surface area (TPSA) is 69.9 Å². The first-order valence-electron chi connectivity index (χ1n) is 13.4. The van der Waals surface area contributed by atoms with Gasteiger partial charge >= 0.3 is 0 Å². The Morgan fingerprint density at radius 3 is 2.25 bits per heavy atom. The molecule has 1 atom stereocenters. The SMILES string of the molecule is CC(C)CC(=O)N1CCCN(Cc2ccccc2)CCN(C(=O)C(N)CC(C)C)Cc2ccccc21. The number of nitrogens with two attached hydrogens (primary N) is 1. The fraction of sp³-hybridized carbons (Fsp3) is 0.533. The highest BCUT2D eigenvalue weighted by molar-refractivity contribution is 5.94. The van der Waals surface area contributed by atoms with Crippen LogP contribution in [-0.2, 0) is 22.7 Å². The fourth-order valence-electron chi connectivity index (χ4n) is 4.89. The van der Waals surface area contributed by atoms with Crippen molar-refractivity contribution in [3.63, 3.8) is 0 Å². The lowest BCUT2D eigenvalue weighted by molar-refractivity contribution is -0.133. The van der Waals surface area contributed by atoms with Gasteiger partial charge in [0.1, 0.15) is 0 Å². The molecule has 0 radical (unpaired) electrons. The number of carbonyl (C=O) groups is 2. The molecule has 0 aromatic heterocycles. The van der Waals surface area contributed by atoms with Crippen molar-refractivity contribution in [2.75, 3.05) is 31.1 Å². The molecule has 1 aliphatic rings. The van der Waals surface area contributed by atoms with Crippen LogP contribution in [0, 0.1) is 11.8 Å². The number of fused-ring (bicyclic) bond motifs is 1. The second-order valence-corrected chi connectivity index (χ2v) is 10.9. The Kier molecular flexibility index (Phi) is 10.5. The third-order valence-electron chi connectivity index (χ3n) is 6.67. The predicted octanol–water partition coefficient (Wildman–Crippen LogP) is 4.67. The summed E-state index contributed by atoms with van der Waals surface area (Å²) in [6, 6.07) is 17.9. The number of hydrogen-bond acceptors (Lipinski definition) is 4. The molecular weight excluding hydrogens is 448 g/mol. The van der Waals surface area contributed by atoms with Crippen molar-refractivity contribution >= 4 is 17.5 Å². The van der Waals surface area contributed by atoms with Crippen molar-refractivity contribution in [2.24, 2.45) is 17.6 Å².